The summed E-state index contributed by atoms with van der Waals surface area (Å²) in [6, 6.07) is 3.48. The van der Waals surface area contributed by atoms with Crippen LogP contribution in [0, 0.1) is 5.41 Å². The molecule has 5 heteroatoms. The molecule has 1 atom stereocenters. The van der Waals surface area contributed by atoms with Crippen LogP contribution in [0.2, 0.25) is 0 Å². The van der Waals surface area contributed by atoms with Gasteiger partial charge in [0.05, 0.1) is 13.2 Å². The fraction of sp³-hybridized carbons (Fsp3) is 0.417. The second-order valence-electron chi connectivity index (χ2n) is 4.15. The Balaban J connectivity index is 2.29. The van der Waals surface area contributed by atoms with Gasteiger partial charge in [0.15, 0.2) is 11.2 Å². The Morgan fingerprint density at radius 2 is 2.41 bits per heavy atom. The number of pyridine rings is 1. The van der Waals surface area contributed by atoms with Gasteiger partial charge >= 0.3 is 5.97 Å². The van der Waals surface area contributed by atoms with Crippen molar-refractivity contribution in [3.05, 3.63) is 30.1 Å². The van der Waals surface area contributed by atoms with Crippen LogP contribution in [0.3, 0.4) is 0 Å². The normalized spacial score (nSPS) is 24.6. The van der Waals surface area contributed by atoms with Crippen molar-refractivity contribution in [2.45, 2.75) is 12.8 Å². The smallest absolute Gasteiger partial charge is 0.319 e. The molecule has 90 valence electrons. The minimum Gasteiger partial charge on any atom is -0.480 e. The number of carboxylic acids is 1. The molecule has 1 fully saturated rings. The third kappa shape index (κ3) is 2.19. The molecule has 1 aliphatic rings. The van der Waals surface area contributed by atoms with Crippen molar-refractivity contribution in [1.82, 2.24) is 4.98 Å². The van der Waals surface area contributed by atoms with Crippen LogP contribution in [0.25, 0.3) is 0 Å². The number of nitrogens with zero attached hydrogens (tertiary/aromatic N) is 1. The highest BCUT2D eigenvalue weighted by atomic mass is 16.5. The number of hydrogen-bond donors (Lipinski definition) is 1. The zero-order chi connectivity index (χ0) is 12.3. The molecule has 0 aromatic carbocycles. The standard InChI is InChI=1S/C12H13NO4/c14-10-3-5-17-8-12(10,11(15)16)6-9-2-1-4-13-7-9/h1-2,4,7H,3,5-6,8H2,(H,15,16). The van der Waals surface area contributed by atoms with Crippen LogP contribution in [-0.2, 0) is 20.7 Å². The van der Waals surface area contributed by atoms with E-state index < -0.39 is 11.4 Å². The number of hydrogen-bond acceptors (Lipinski definition) is 4. The number of aromatic nitrogens is 1. The summed E-state index contributed by atoms with van der Waals surface area (Å²) < 4.78 is 5.17. The van der Waals surface area contributed by atoms with E-state index in [0.717, 1.165) is 5.56 Å². The first kappa shape index (κ1) is 11.7. The van der Waals surface area contributed by atoms with Gasteiger partial charge in [-0.2, -0.15) is 0 Å². The number of rotatable bonds is 3. The lowest BCUT2D eigenvalue weighted by molar-refractivity contribution is -0.164. The molecule has 5 nitrogen and oxygen atoms in total. The van der Waals surface area contributed by atoms with Crippen molar-refractivity contribution in [3.8, 4) is 0 Å². The van der Waals surface area contributed by atoms with Gasteiger partial charge in [-0.3, -0.25) is 14.6 Å². The molecule has 0 bridgehead atoms. The van der Waals surface area contributed by atoms with E-state index in [1.54, 1.807) is 24.5 Å². The van der Waals surface area contributed by atoms with Crippen LogP contribution in [0.5, 0.6) is 0 Å². The summed E-state index contributed by atoms with van der Waals surface area (Å²) in [5.74, 6) is -1.38. The molecular weight excluding hydrogens is 222 g/mol. The fourth-order valence-electron chi connectivity index (χ4n) is 1.99. The van der Waals surface area contributed by atoms with Crippen molar-refractivity contribution in [1.29, 1.82) is 0 Å². The Morgan fingerprint density at radius 3 is 3.00 bits per heavy atom. The van der Waals surface area contributed by atoms with E-state index >= 15 is 0 Å². The summed E-state index contributed by atoms with van der Waals surface area (Å²) in [6.45, 7) is 0.247. The molecule has 1 N–H and O–H groups in total. The molecule has 1 aromatic rings. The number of carbonyl (C=O) groups excluding carboxylic acids is 1. The van der Waals surface area contributed by atoms with Gasteiger partial charge in [0.1, 0.15) is 0 Å². The van der Waals surface area contributed by atoms with Crippen molar-refractivity contribution >= 4 is 11.8 Å². The van der Waals surface area contributed by atoms with Crippen LogP contribution >= 0.6 is 0 Å². The Hall–Kier alpha value is -1.75. The number of ketones is 1. The Labute approximate surface area is 98.4 Å². The fourth-order valence-corrected chi connectivity index (χ4v) is 1.99. The number of carbonyl (C=O) groups is 2. The molecule has 1 aromatic heterocycles. The summed E-state index contributed by atoms with van der Waals surface area (Å²) in [5, 5.41) is 9.30. The first-order valence-electron chi connectivity index (χ1n) is 5.38. The van der Waals surface area contributed by atoms with E-state index in [-0.39, 0.29) is 25.2 Å². The third-order valence-corrected chi connectivity index (χ3v) is 2.99. The van der Waals surface area contributed by atoms with Crippen molar-refractivity contribution in [2.24, 2.45) is 5.41 Å². The van der Waals surface area contributed by atoms with Crippen LogP contribution < -0.4 is 0 Å². The first-order chi connectivity index (χ1) is 8.15. The van der Waals surface area contributed by atoms with E-state index in [2.05, 4.69) is 4.98 Å². The molecule has 0 aliphatic carbocycles. The van der Waals surface area contributed by atoms with Gasteiger partial charge in [-0.15, -0.1) is 0 Å². The lowest BCUT2D eigenvalue weighted by Crippen LogP contribution is -2.48. The molecule has 1 saturated heterocycles. The van der Waals surface area contributed by atoms with Gasteiger partial charge < -0.3 is 9.84 Å². The Bertz CT molecular complexity index is 431. The minimum atomic E-state index is -1.44. The van der Waals surface area contributed by atoms with E-state index in [0.29, 0.717) is 6.61 Å². The number of Topliss-reactive ketones (excluding diaryl/α,β-unsaturated/α-hetero) is 1. The molecule has 2 rings (SSSR count). The predicted molar refractivity (Wildman–Crippen MR) is 58.5 cm³/mol. The van der Waals surface area contributed by atoms with Crippen molar-refractivity contribution < 1.29 is 19.4 Å². The number of ether oxygens (including phenoxy) is 1. The summed E-state index contributed by atoms with van der Waals surface area (Å²) in [6.07, 6.45) is 3.48. The maximum absolute atomic E-state index is 11.9. The van der Waals surface area contributed by atoms with E-state index in [9.17, 15) is 14.7 Å². The average molecular weight is 235 g/mol. The molecule has 1 unspecified atom stereocenters. The highest BCUT2D eigenvalue weighted by molar-refractivity contribution is 6.04. The van der Waals surface area contributed by atoms with Crippen LogP contribution in [0.1, 0.15) is 12.0 Å². The van der Waals surface area contributed by atoms with Gasteiger partial charge in [0.25, 0.3) is 0 Å². The SMILES string of the molecule is O=C(O)C1(Cc2cccnc2)COCCC1=O. The monoisotopic (exact) mass is 235 g/mol. The molecule has 0 spiro atoms. The van der Waals surface area contributed by atoms with Crippen molar-refractivity contribution in [2.75, 3.05) is 13.2 Å². The quantitative estimate of drug-likeness (QED) is 0.780. The lowest BCUT2D eigenvalue weighted by Gasteiger charge is -2.31. The number of carboxylic acid groups (broad SMARTS) is 1. The first-order valence-corrected chi connectivity index (χ1v) is 5.38. The Morgan fingerprint density at radius 1 is 1.59 bits per heavy atom. The summed E-state index contributed by atoms with van der Waals surface area (Å²) in [4.78, 5) is 27.2. The lowest BCUT2D eigenvalue weighted by atomic mass is 9.76. The van der Waals surface area contributed by atoms with Gasteiger partial charge in [0.2, 0.25) is 0 Å². The number of aliphatic carboxylic acids is 1. The van der Waals surface area contributed by atoms with Gasteiger partial charge in [-0.1, -0.05) is 6.07 Å². The maximum atomic E-state index is 11.9. The largest absolute Gasteiger partial charge is 0.480 e. The summed E-state index contributed by atoms with van der Waals surface area (Å²) in [5.41, 5.74) is -0.713. The molecule has 0 radical (unpaired) electrons. The summed E-state index contributed by atoms with van der Waals surface area (Å²) >= 11 is 0. The zero-order valence-corrected chi connectivity index (χ0v) is 9.26. The van der Waals surface area contributed by atoms with Gasteiger partial charge in [0, 0.05) is 18.8 Å². The zero-order valence-electron chi connectivity index (χ0n) is 9.26. The summed E-state index contributed by atoms with van der Waals surface area (Å²) in [7, 11) is 0. The highest BCUT2D eigenvalue weighted by Gasteiger charge is 2.47. The predicted octanol–water partition coefficient (Wildman–Crippen LogP) is 0.685. The molecule has 17 heavy (non-hydrogen) atoms. The van der Waals surface area contributed by atoms with Crippen LogP contribution in [-0.4, -0.2) is 35.1 Å². The minimum absolute atomic E-state index is 0.0595. The van der Waals surface area contributed by atoms with E-state index in [1.807, 2.05) is 0 Å². The van der Waals surface area contributed by atoms with Crippen LogP contribution in [0.4, 0.5) is 0 Å². The second kappa shape index (κ2) is 4.63. The van der Waals surface area contributed by atoms with Crippen molar-refractivity contribution in [3.63, 3.8) is 0 Å². The second-order valence-corrected chi connectivity index (χ2v) is 4.15. The third-order valence-electron chi connectivity index (χ3n) is 2.99. The van der Waals surface area contributed by atoms with Gasteiger partial charge in [-0.25, -0.2) is 0 Å². The average Bonchev–Trinajstić information content (AvgIpc) is 2.33. The van der Waals surface area contributed by atoms with E-state index in [4.69, 9.17) is 4.74 Å². The molecule has 0 amide bonds. The Kier molecular flexibility index (Phi) is 3.19. The maximum Gasteiger partial charge on any atom is 0.319 e. The molecule has 2 heterocycles. The van der Waals surface area contributed by atoms with Gasteiger partial charge in [-0.05, 0) is 18.1 Å². The molecular formula is C12H13NO4. The van der Waals surface area contributed by atoms with Crippen LogP contribution in [0.15, 0.2) is 24.5 Å². The topological polar surface area (TPSA) is 76.5 Å². The van der Waals surface area contributed by atoms with E-state index in [1.165, 1.54) is 0 Å². The molecule has 1 aliphatic heterocycles. The highest BCUT2D eigenvalue weighted by Crippen LogP contribution is 2.29. The molecule has 0 saturated carbocycles.